The topological polar surface area (TPSA) is 26.7 Å². The molecule has 0 amide bonds. The van der Waals surface area contributed by atoms with Crippen molar-refractivity contribution in [3.05, 3.63) is 29.3 Å². The van der Waals surface area contributed by atoms with Gasteiger partial charge in [-0.15, -0.1) is 0 Å². The van der Waals surface area contributed by atoms with Gasteiger partial charge in [0.25, 0.3) is 0 Å². The number of hydrogen-bond donors (Lipinski definition) is 1. The van der Waals surface area contributed by atoms with E-state index in [1.54, 1.807) is 6.07 Å². The molecule has 1 fully saturated rings. The van der Waals surface area contributed by atoms with Gasteiger partial charge in [-0.3, -0.25) is 4.90 Å². The summed E-state index contributed by atoms with van der Waals surface area (Å²) in [6, 6.07) is 6.75. The zero-order chi connectivity index (χ0) is 14.0. The quantitative estimate of drug-likeness (QED) is 0.904. The molecule has 1 heterocycles. The largest absolute Gasteiger partial charge is 0.508 e. The number of benzene rings is 1. The standard InChI is InChI=1S/C16H26N2O/c1-12-7-8-16(19)15(10-12)13(2)18(4)11-14-6-5-9-17(14)3/h7-8,10,13-14,19H,5-6,9,11H2,1-4H3. The average Bonchev–Trinajstić information content (AvgIpc) is 2.77. The first-order chi connectivity index (χ1) is 8.99. The fourth-order valence-corrected chi connectivity index (χ4v) is 2.95. The molecule has 1 saturated heterocycles. The summed E-state index contributed by atoms with van der Waals surface area (Å²) in [5.74, 6) is 0.407. The van der Waals surface area contributed by atoms with Crippen LogP contribution in [0.15, 0.2) is 18.2 Å². The van der Waals surface area contributed by atoms with Gasteiger partial charge in [0, 0.05) is 24.2 Å². The summed E-state index contributed by atoms with van der Waals surface area (Å²) in [7, 11) is 4.36. The molecule has 0 saturated carbocycles. The zero-order valence-electron chi connectivity index (χ0n) is 12.6. The molecule has 1 aromatic carbocycles. The Labute approximate surface area is 116 Å². The van der Waals surface area contributed by atoms with Crippen LogP contribution in [0.25, 0.3) is 0 Å². The molecule has 0 bridgehead atoms. The van der Waals surface area contributed by atoms with Crippen LogP contribution in [-0.2, 0) is 0 Å². The van der Waals surface area contributed by atoms with Crippen molar-refractivity contribution >= 4 is 0 Å². The third kappa shape index (κ3) is 3.28. The Morgan fingerprint density at radius 3 is 2.84 bits per heavy atom. The van der Waals surface area contributed by atoms with E-state index in [1.165, 1.54) is 24.9 Å². The predicted octanol–water partition coefficient (Wildman–Crippen LogP) is 2.79. The molecular weight excluding hydrogens is 236 g/mol. The summed E-state index contributed by atoms with van der Waals surface area (Å²) >= 11 is 0. The highest BCUT2D eigenvalue weighted by molar-refractivity contribution is 5.37. The first-order valence-electron chi connectivity index (χ1n) is 7.19. The van der Waals surface area contributed by atoms with E-state index < -0.39 is 0 Å². The average molecular weight is 262 g/mol. The van der Waals surface area contributed by atoms with Gasteiger partial charge in [-0.05, 0) is 53.4 Å². The van der Waals surface area contributed by atoms with Crippen LogP contribution in [-0.4, -0.2) is 48.1 Å². The molecule has 1 aliphatic heterocycles. The van der Waals surface area contributed by atoms with Gasteiger partial charge in [-0.1, -0.05) is 17.7 Å². The minimum Gasteiger partial charge on any atom is -0.508 e. The minimum absolute atomic E-state index is 0.244. The van der Waals surface area contributed by atoms with Crippen LogP contribution in [0.2, 0.25) is 0 Å². The number of rotatable bonds is 4. The molecule has 0 spiro atoms. The van der Waals surface area contributed by atoms with E-state index >= 15 is 0 Å². The van der Waals surface area contributed by atoms with Crippen LogP contribution in [0.4, 0.5) is 0 Å². The van der Waals surface area contributed by atoms with Crippen molar-refractivity contribution in [1.82, 2.24) is 9.80 Å². The van der Waals surface area contributed by atoms with Gasteiger partial charge in [0.05, 0.1) is 0 Å². The number of phenolic OH excluding ortho intramolecular Hbond substituents is 1. The maximum absolute atomic E-state index is 10.0. The van der Waals surface area contributed by atoms with E-state index in [2.05, 4.69) is 43.8 Å². The number of likely N-dealkylation sites (tertiary alicyclic amines) is 1. The molecule has 106 valence electrons. The summed E-state index contributed by atoms with van der Waals surface area (Å²) in [5.41, 5.74) is 2.23. The second kappa shape index (κ2) is 5.93. The predicted molar refractivity (Wildman–Crippen MR) is 79.5 cm³/mol. The van der Waals surface area contributed by atoms with Gasteiger partial charge in [0.2, 0.25) is 0 Å². The molecule has 19 heavy (non-hydrogen) atoms. The molecule has 2 atom stereocenters. The lowest BCUT2D eigenvalue weighted by Gasteiger charge is -2.31. The smallest absolute Gasteiger partial charge is 0.120 e. The van der Waals surface area contributed by atoms with Crippen molar-refractivity contribution in [3.63, 3.8) is 0 Å². The summed E-state index contributed by atoms with van der Waals surface area (Å²) in [6.45, 7) is 6.51. The lowest BCUT2D eigenvalue weighted by Crippen LogP contribution is -2.37. The van der Waals surface area contributed by atoms with Crippen molar-refractivity contribution in [2.45, 2.75) is 38.8 Å². The molecule has 1 N–H and O–H groups in total. The number of nitrogens with zero attached hydrogens (tertiary/aromatic N) is 2. The molecule has 0 aliphatic carbocycles. The van der Waals surface area contributed by atoms with E-state index in [9.17, 15) is 5.11 Å². The molecule has 0 radical (unpaired) electrons. The van der Waals surface area contributed by atoms with Gasteiger partial charge < -0.3 is 10.0 Å². The van der Waals surface area contributed by atoms with Crippen LogP contribution in [0.1, 0.15) is 36.9 Å². The Morgan fingerprint density at radius 2 is 2.21 bits per heavy atom. The summed E-state index contributed by atoms with van der Waals surface area (Å²) < 4.78 is 0. The molecule has 2 rings (SSSR count). The van der Waals surface area contributed by atoms with Crippen molar-refractivity contribution < 1.29 is 5.11 Å². The molecule has 3 heteroatoms. The van der Waals surface area contributed by atoms with Crippen molar-refractivity contribution in [2.75, 3.05) is 27.2 Å². The number of hydrogen-bond acceptors (Lipinski definition) is 3. The van der Waals surface area contributed by atoms with E-state index in [1.807, 2.05) is 6.07 Å². The molecule has 1 aliphatic rings. The van der Waals surface area contributed by atoms with Crippen LogP contribution in [0, 0.1) is 6.92 Å². The normalized spacial score (nSPS) is 22.1. The van der Waals surface area contributed by atoms with Crippen molar-refractivity contribution in [2.24, 2.45) is 0 Å². The third-order valence-electron chi connectivity index (χ3n) is 4.46. The first-order valence-corrected chi connectivity index (χ1v) is 7.19. The van der Waals surface area contributed by atoms with E-state index in [0.29, 0.717) is 11.8 Å². The summed E-state index contributed by atoms with van der Waals surface area (Å²) in [4.78, 5) is 4.79. The van der Waals surface area contributed by atoms with E-state index in [0.717, 1.165) is 12.1 Å². The zero-order valence-corrected chi connectivity index (χ0v) is 12.6. The third-order valence-corrected chi connectivity index (χ3v) is 4.46. The fourth-order valence-electron chi connectivity index (χ4n) is 2.95. The number of likely N-dealkylation sites (N-methyl/N-ethyl adjacent to an activating group) is 2. The minimum atomic E-state index is 0.244. The number of aryl methyl sites for hydroxylation is 1. The van der Waals surface area contributed by atoms with E-state index in [-0.39, 0.29) is 6.04 Å². The van der Waals surface area contributed by atoms with Crippen molar-refractivity contribution in [3.8, 4) is 5.75 Å². The van der Waals surface area contributed by atoms with Gasteiger partial charge in [0.15, 0.2) is 0 Å². The van der Waals surface area contributed by atoms with E-state index in [4.69, 9.17) is 0 Å². The Kier molecular flexibility index (Phi) is 4.48. The molecule has 2 unspecified atom stereocenters. The maximum Gasteiger partial charge on any atom is 0.120 e. The molecule has 3 nitrogen and oxygen atoms in total. The summed E-state index contributed by atoms with van der Waals surface area (Å²) in [5, 5.41) is 10.0. The second-order valence-electron chi connectivity index (χ2n) is 5.95. The maximum atomic E-state index is 10.0. The molecular formula is C16H26N2O. The highest BCUT2D eigenvalue weighted by Gasteiger charge is 2.24. The van der Waals surface area contributed by atoms with Crippen LogP contribution < -0.4 is 0 Å². The lowest BCUT2D eigenvalue weighted by molar-refractivity contribution is 0.183. The Hall–Kier alpha value is -1.06. The highest BCUT2D eigenvalue weighted by atomic mass is 16.3. The van der Waals surface area contributed by atoms with Crippen molar-refractivity contribution in [1.29, 1.82) is 0 Å². The SMILES string of the molecule is Cc1ccc(O)c(C(C)N(C)CC2CCCN2C)c1. The first kappa shape index (κ1) is 14.4. The molecule has 1 aromatic rings. The summed E-state index contributed by atoms with van der Waals surface area (Å²) in [6.07, 6.45) is 2.59. The second-order valence-corrected chi connectivity index (χ2v) is 5.95. The Bertz CT molecular complexity index is 433. The fraction of sp³-hybridized carbons (Fsp3) is 0.625. The van der Waals surface area contributed by atoms with Gasteiger partial charge >= 0.3 is 0 Å². The Morgan fingerprint density at radius 1 is 1.47 bits per heavy atom. The molecule has 0 aromatic heterocycles. The number of aromatic hydroxyl groups is 1. The van der Waals surface area contributed by atoms with Gasteiger partial charge in [0.1, 0.15) is 5.75 Å². The van der Waals surface area contributed by atoms with Crippen LogP contribution in [0.3, 0.4) is 0 Å². The lowest BCUT2D eigenvalue weighted by atomic mass is 10.0. The van der Waals surface area contributed by atoms with Gasteiger partial charge in [-0.2, -0.15) is 0 Å². The van der Waals surface area contributed by atoms with Crippen LogP contribution >= 0.6 is 0 Å². The number of phenols is 1. The Balaban J connectivity index is 2.05. The van der Waals surface area contributed by atoms with Crippen LogP contribution in [0.5, 0.6) is 5.75 Å². The van der Waals surface area contributed by atoms with Gasteiger partial charge in [-0.25, -0.2) is 0 Å². The highest BCUT2D eigenvalue weighted by Crippen LogP contribution is 2.29. The monoisotopic (exact) mass is 262 g/mol.